The number of carbonyl (C=O) groups is 1. The molecule has 1 nitrogen and oxygen atoms in total. The summed E-state index contributed by atoms with van der Waals surface area (Å²) in [5, 5.41) is 0. The Morgan fingerprint density at radius 3 is 2.37 bits per heavy atom. The van der Waals surface area contributed by atoms with E-state index in [1.54, 1.807) is 0 Å². The highest BCUT2D eigenvalue weighted by Gasteiger charge is 2.34. The predicted molar refractivity (Wildman–Crippen MR) is 62.3 cm³/mol. The number of benzene rings is 1. The Kier molecular flexibility index (Phi) is 3.92. The first-order valence-corrected chi connectivity index (χ1v) is 6.28. The molecule has 0 radical (unpaired) electrons. The molecule has 1 fully saturated rings. The zero-order valence-corrected chi connectivity index (χ0v) is 10.3. The van der Waals surface area contributed by atoms with Gasteiger partial charge in [0, 0.05) is 12.0 Å². The molecular weight excluding hydrogens is 260 g/mol. The van der Waals surface area contributed by atoms with Gasteiger partial charge in [-0.3, -0.25) is 4.79 Å². The molecule has 0 heterocycles. The number of alkyl halides is 3. The van der Waals surface area contributed by atoms with Gasteiger partial charge in [-0.15, -0.1) is 0 Å². The Labute approximate surface area is 108 Å². The minimum Gasteiger partial charge on any atom is -0.294 e. The Balaban J connectivity index is 2.12. The lowest BCUT2D eigenvalue weighted by Gasteiger charge is -2.10. The van der Waals surface area contributed by atoms with Crippen LogP contribution in [0.2, 0.25) is 0 Å². The summed E-state index contributed by atoms with van der Waals surface area (Å²) < 4.78 is 50.5. The third-order valence-corrected chi connectivity index (χ3v) is 3.55. The second kappa shape index (κ2) is 5.31. The Bertz CT molecular complexity index is 473. The fourth-order valence-electron chi connectivity index (χ4n) is 2.51. The largest absolute Gasteiger partial charge is 0.419 e. The van der Waals surface area contributed by atoms with Crippen LogP contribution in [0.3, 0.4) is 0 Å². The number of hydrogen-bond acceptors (Lipinski definition) is 1. The van der Waals surface area contributed by atoms with E-state index in [9.17, 15) is 22.4 Å². The third-order valence-electron chi connectivity index (χ3n) is 3.55. The van der Waals surface area contributed by atoms with Gasteiger partial charge in [-0.25, -0.2) is 4.39 Å². The molecule has 0 aliphatic heterocycles. The second-order valence-electron chi connectivity index (χ2n) is 4.97. The van der Waals surface area contributed by atoms with Crippen LogP contribution in [0.25, 0.3) is 0 Å². The summed E-state index contributed by atoms with van der Waals surface area (Å²) in [6.07, 6.45) is -0.329. The van der Waals surface area contributed by atoms with Gasteiger partial charge in [0.2, 0.25) is 0 Å². The first kappa shape index (κ1) is 14.0. The van der Waals surface area contributed by atoms with E-state index >= 15 is 0 Å². The van der Waals surface area contributed by atoms with Gasteiger partial charge in [0.1, 0.15) is 5.82 Å². The van der Waals surface area contributed by atoms with Crippen molar-refractivity contribution < 1.29 is 22.4 Å². The van der Waals surface area contributed by atoms with Gasteiger partial charge < -0.3 is 0 Å². The van der Waals surface area contributed by atoms with Crippen LogP contribution in [0, 0.1) is 11.7 Å². The first-order valence-electron chi connectivity index (χ1n) is 6.28. The maximum atomic E-state index is 13.3. The molecule has 19 heavy (non-hydrogen) atoms. The van der Waals surface area contributed by atoms with E-state index in [0.717, 1.165) is 31.7 Å². The van der Waals surface area contributed by atoms with Gasteiger partial charge in [0.15, 0.2) is 5.78 Å². The van der Waals surface area contributed by atoms with Crippen LogP contribution in [0.15, 0.2) is 18.2 Å². The lowest BCUT2D eigenvalue weighted by atomic mass is 9.96. The van der Waals surface area contributed by atoms with Crippen molar-refractivity contribution in [1.29, 1.82) is 0 Å². The van der Waals surface area contributed by atoms with Crippen LogP contribution in [0.4, 0.5) is 17.6 Å². The normalized spacial score (nSPS) is 16.8. The lowest BCUT2D eigenvalue weighted by molar-refractivity contribution is -0.140. The summed E-state index contributed by atoms with van der Waals surface area (Å²) >= 11 is 0. The zero-order valence-electron chi connectivity index (χ0n) is 10.3. The summed E-state index contributed by atoms with van der Waals surface area (Å²) in [5.74, 6) is -1.37. The molecule has 104 valence electrons. The monoisotopic (exact) mass is 274 g/mol. The van der Waals surface area contributed by atoms with Crippen LogP contribution in [-0.2, 0) is 6.18 Å². The second-order valence-corrected chi connectivity index (χ2v) is 4.97. The molecule has 5 heteroatoms. The van der Waals surface area contributed by atoms with E-state index in [-0.39, 0.29) is 17.3 Å². The van der Waals surface area contributed by atoms with Crippen LogP contribution >= 0.6 is 0 Å². The van der Waals surface area contributed by atoms with Gasteiger partial charge in [0.05, 0.1) is 5.56 Å². The molecule has 0 bridgehead atoms. The van der Waals surface area contributed by atoms with E-state index in [2.05, 4.69) is 0 Å². The summed E-state index contributed by atoms with van der Waals surface area (Å²) in [7, 11) is 0. The molecule has 1 aromatic rings. The molecule has 0 aromatic heterocycles. The van der Waals surface area contributed by atoms with Crippen molar-refractivity contribution in [2.75, 3.05) is 0 Å². The average Bonchev–Trinajstić information content (AvgIpc) is 2.79. The topological polar surface area (TPSA) is 17.1 Å². The highest BCUT2D eigenvalue weighted by Crippen LogP contribution is 2.33. The third kappa shape index (κ3) is 3.33. The molecule has 2 rings (SSSR count). The molecule has 0 unspecified atom stereocenters. The minimum absolute atomic E-state index is 0.0254. The highest BCUT2D eigenvalue weighted by atomic mass is 19.4. The van der Waals surface area contributed by atoms with Crippen molar-refractivity contribution in [3.63, 3.8) is 0 Å². The number of hydrogen-bond donors (Lipinski definition) is 0. The summed E-state index contributed by atoms with van der Waals surface area (Å²) in [6, 6.07) is 2.39. The molecule has 1 aliphatic rings. The maximum absolute atomic E-state index is 13.3. The molecule has 1 aromatic carbocycles. The number of rotatable bonds is 3. The lowest BCUT2D eigenvalue weighted by Crippen LogP contribution is -2.11. The van der Waals surface area contributed by atoms with E-state index in [0.29, 0.717) is 18.6 Å². The molecule has 1 saturated carbocycles. The smallest absolute Gasteiger partial charge is 0.294 e. The van der Waals surface area contributed by atoms with E-state index in [1.807, 2.05) is 0 Å². The number of ketones is 1. The van der Waals surface area contributed by atoms with Gasteiger partial charge in [-0.2, -0.15) is 13.2 Å². The van der Waals surface area contributed by atoms with Gasteiger partial charge >= 0.3 is 6.18 Å². The Hall–Kier alpha value is -1.39. The van der Waals surface area contributed by atoms with Crippen LogP contribution in [-0.4, -0.2) is 5.78 Å². The highest BCUT2D eigenvalue weighted by molar-refractivity contribution is 5.96. The van der Waals surface area contributed by atoms with Gasteiger partial charge in [-0.05, 0) is 18.1 Å². The van der Waals surface area contributed by atoms with Crippen molar-refractivity contribution in [3.05, 3.63) is 35.1 Å². The molecule has 0 saturated heterocycles. The molecular formula is C14H14F4O. The predicted octanol–water partition coefficient (Wildman–Crippen LogP) is 4.61. The number of carbonyl (C=O) groups excluding carboxylic acids is 1. The average molecular weight is 274 g/mol. The van der Waals surface area contributed by atoms with E-state index in [1.165, 1.54) is 0 Å². The fraction of sp³-hybridized carbons (Fsp3) is 0.500. The van der Waals surface area contributed by atoms with Gasteiger partial charge in [0.25, 0.3) is 0 Å². The molecule has 0 N–H and O–H groups in total. The summed E-state index contributed by atoms with van der Waals surface area (Å²) in [5.41, 5.74) is -1.30. The quantitative estimate of drug-likeness (QED) is 0.581. The Morgan fingerprint density at radius 2 is 1.84 bits per heavy atom. The van der Waals surface area contributed by atoms with Crippen molar-refractivity contribution in [2.24, 2.45) is 5.92 Å². The number of halogens is 4. The van der Waals surface area contributed by atoms with Crippen molar-refractivity contribution in [2.45, 2.75) is 38.3 Å². The SMILES string of the molecule is O=C(CC1CCCC1)c1ccc(C(F)(F)F)c(F)c1. The fourth-order valence-corrected chi connectivity index (χ4v) is 2.51. The Morgan fingerprint density at radius 1 is 1.21 bits per heavy atom. The minimum atomic E-state index is -4.73. The van der Waals surface area contributed by atoms with Gasteiger partial charge in [-0.1, -0.05) is 31.7 Å². The first-order chi connectivity index (χ1) is 8.88. The number of Topliss-reactive ketones (excluding diaryl/α,β-unsaturated/α-hetero) is 1. The summed E-state index contributed by atoms with van der Waals surface area (Å²) in [4.78, 5) is 11.9. The molecule has 0 atom stereocenters. The van der Waals surface area contributed by atoms with Crippen LogP contribution in [0.5, 0.6) is 0 Å². The van der Waals surface area contributed by atoms with Crippen molar-refractivity contribution in [1.82, 2.24) is 0 Å². The summed E-state index contributed by atoms with van der Waals surface area (Å²) in [6.45, 7) is 0. The molecule has 1 aliphatic carbocycles. The molecule has 0 spiro atoms. The van der Waals surface area contributed by atoms with Crippen LogP contribution in [0.1, 0.15) is 48.0 Å². The standard InChI is InChI=1S/C14H14F4O/c15-12-8-10(5-6-11(12)14(16,17)18)13(19)7-9-3-1-2-4-9/h5-6,8-9H,1-4,7H2. The zero-order chi connectivity index (χ0) is 14.0. The molecule has 0 amide bonds. The van der Waals surface area contributed by atoms with Crippen molar-refractivity contribution >= 4 is 5.78 Å². The van der Waals surface area contributed by atoms with Crippen LogP contribution < -0.4 is 0 Å². The van der Waals surface area contributed by atoms with E-state index < -0.39 is 17.6 Å². The maximum Gasteiger partial charge on any atom is 0.419 e. The van der Waals surface area contributed by atoms with Crippen molar-refractivity contribution in [3.8, 4) is 0 Å². The van der Waals surface area contributed by atoms with E-state index in [4.69, 9.17) is 0 Å².